The Morgan fingerprint density at radius 3 is 2.57 bits per heavy atom. The first-order chi connectivity index (χ1) is 11.0. The summed E-state index contributed by atoms with van der Waals surface area (Å²) in [6.45, 7) is 1.98. The van der Waals surface area contributed by atoms with E-state index < -0.39 is 0 Å². The normalized spacial score (nSPS) is 10.6. The van der Waals surface area contributed by atoms with Crippen LogP contribution in [0.5, 0.6) is 5.75 Å². The van der Waals surface area contributed by atoms with Crippen LogP contribution in [0.15, 0.2) is 48.5 Å². The van der Waals surface area contributed by atoms with E-state index in [0.717, 1.165) is 17.9 Å². The van der Waals surface area contributed by atoms with Gasteiger partial charge in [-0.25, -0.2) is 0 Å². The highest BCUT2D eigenvalue weighted by Gasteiger charge is 2.05. The molecule has 0 spiro atoms. The number of nitrogens with one attached hydrogen (secondary N) is 1. The van der Waals surface area contributed by atoms with Gasteiger partial charge in [0.2, 0.25) is 0 Å². The fourth-order valence-electron chi connectivity index (χ4n) is 1.96. The van der Waals surface area contributed by atoms with Crippen molar-refractivity contribution in [1.82, 2.24) is 10.2 Å². The van der Waals surface area contributed by atoms with Gasteiger partial charge in [0, 0.05) is 23.7 Å². The molecule has 2 aromatic rings. The van der Waals surface area contributed by atoms with Crippen molar-refractivity contribution in [3.8, 4) is 5.75 Å². The zero-order chi connectivity index (χ0) is 16.7. The molecule has 0 aliphatic heterocycles. The Hall–Kier alpha value is -2.04. The van der Waals surface area contributed by atoms with Gasteiger partial charge in [0.05, 0.1) is 0 Å². The first-order valence-corrected chi connectivity index (χ1v) is 7.82. The van der Waals surface area contributed by atoms with E-state index >= 15 is 0 Å². The number of nitrogens with zero attached hydrogens (tertiary/aromatic N) is 1. The van der Waals surface area contributed by atoms with Crippen molar-refractivity contribution < 1.29 is 9.53 Å². The predicted molar refractivity (Wildman–Crippen MR) is 93.1 cm³/mol. The number of ether oxygens (including phenoxy) is 1. The smallest absolute Gasteiger partial charge is 0.251 e. The number of rotatable bonds is 7. The number of benzene rings is 2. The van der Waals surface area contributed by atoms with Crippen molar-refractivity contribution in [2.75, 3.05) is 27.2 Å². The maximum Gasteiger partial charge on any atom is 0.251 e. The number of amides is 1. The van der Waals surface area contributed by atoms with E-state index in [2.05, 4.69) is 10.2 Å². The molecule has 0 aromatic heterocycles. The monoisotopic (exact) mass is 332 g/mol. The van der Waals surface area contributed by atoms with Gasteiger partial charge in [-0.1, -0.05) is 29.8 Å². The Labute approximate surface area is 142 Å². The second kappa shape index (κ2) is 8.56. The Bertz CT molecular complexity index is 642. The molecule has 1 N–H and O–H groups in total. The third kappa shape index (κ3) is 5.93. The molecule has 0 heterocycles. The van der Waals surface area contributed by atoms with Crippen LogP contribution in [0.3, 0.4) is 0 Å². The van der Waals surface area contributed by atoms with Gasteiger partial charge in [0.15, 0.2) is 0 Å². The fourth-order valence-corrected chi connectivity index (χ4v) is 2.15. The van der Waals surface area contributed by atoms with Gasteiger partial charge in [0.1, 0.15) is 12.4 Å². The van der Waals surface area contributed by atoms with Crippen molar-refractivity contribution in [3.63, 3.8) is 0 Å². The van der Waals surface area contributed by atoms with Crippen LogP contribution in [0, 0.1) is 0 Å². The fraction of sp³-hybridized carbons (Fsp3) is 0.278. The third-order valence-corrected chi connectivity index (χ3v) is 3.51. The first kappa shape index (κ1) is 17.3. The molecule has 2 rings (SSSR count). The second-order valence-electron chi connectivity index (χ2n) is 5.49. The second-order valence-corrected chi connectivity index (χ2v) is 5.93. The van der Waals surface area contributed by atoms with Crippen molar-refractivity contribution >= 4 is 17.5 Å². The van der Waals surface area contributed by atoms with Crippen molar-refractivity contribution in [1.29, 1.82) is 0 Å². The van der Waals surface area contributed by atoms with Crippen LogP contribution in [0.4, 0.5) is 0 Å². The molecule has 0 radical (unpaired) electrons. The van der Waals surface area contributed by atoms with E-state index in [0.29, 0.717) is 23.7 Å². The standard InChI is InChI=1S/C18H21ClN2O2/c1-21(2)10-11-23-17-8-6-14(7-9-17)13-20-18(22)15-4-3-5-16(19)12-15/h3-9,12H,10-11,13H2,1-2H3,(H,20,22). The highest BCUT2D eigenvalue weighted by molar-refractivity contribution is 6.30. The summed E-state index contributed by atoms with van der Waals surface area (Å²) in [4.78, 5) is 14.1. The van der Waals surface area contributed by atoms with E-state index in [-0.39, 0.29) is 5.91 Å². The molecule has 2 aromatic carbocycles. The molecule has 0 saturated carbocycles. The molecular formula is C18H21ClN2O2. The molecule has 0 atom stereocenters. The lowest BCUT2D eigenvalue weighted by Crippen LogP contribution is -2.22. The van der Waals surface area contributed by atoms with Gasteiger partial charge < -0.3 is 15.0 Å². The lowest BCUT2D eigenvalue weighted by Gasteiger charge is -2.11. The van der Waals surface area contributed by atoms with E-state index in [9.17, 15) is 4.79 Å². The lowest BCUT2D eigenvalue weighted by atomic mass is 10.2. The Morgan fingerprint density at radius 2 is 1.91 bits per heavy atom. The van der Waals surface area contributed by atoms with Crippen LogP contribution in [-0.2, 0) is 6.54 Å². The van der Waals surface area contributed by atoms with E-state index in [4.69, 9.17) is 16.3 Å². The minimum absolute atomic E-state index is 0.140. The Morgan fingerprint density at radius 1 is 1.17 bits per heavy atom. The Balaban J connectivity index is 1.83. The number of hydrogen-bond donors (Lipinski definition) is 1. The number of halogens is 1. The van der Waals surface area contributed by atoms with Gasteiger partial charge in [-0.05, 0) is 50.0 Å². The summed E-state index contributed by atoms with van der Waals surface area (Å²) in [5.74, 6) is 0.690. The van der Waals surface area contributed by atoms with Gasteiger partial charge in [0.25, 0.3) is 5.91 Å². The first-order valence-electron chi connectivity index (χ1n) is 7.45. The van der Waals surface area contributed by atoms with Crippen LogP contribution in [0.2, 0.25) is 5.02 Å². The summed E-state index contributed by atoms with van der Waals surface area (Å²) in [5.41, 5.74) is 1.57. The van der Waals surface area contributed by atoms with Crippen LogP contribution < -0.4 is 10.1 Å². The number of carbonyl (C=O) groups excluding carboxylic acids is 1. The SMILES string of the molecule is CN(C)CCOc1ccc(CNC(=O)c2cccc(Cl)c2)cc1. The van der Waals surface area contributed by atoms with Crippen molar-refractivity contribution in [2.24, 2.45) is 0 Å². The highest BCUT2D eigenvalue weighted by Crippen LogP contribution is 2.13. The topological polar surface area (TPSA) is 41.6 Å². The average Bonchev–Trinajstić information content (AvgIpc) is 2.53. The largest absolute Gasteiger partial charge is 0.492 e. The van der Waals surface area contributed by atoms with Gasteiger partial charge in [-0.3, -0.25) is 4.79 Å². The zero-order valence-corrected chi connectivity index (χ0v) is 14.1. The van der Waals surface area contributed by atoms with Crippen LogP contribution in [0.25, 0.3) is 0 Å². The molecule has 0 fully saturated rings. The minimum Gasteiger partial charge on any atom is -0.492 e. The van der Waals surface area contributed by atoms with E-state index in [1.807, 2.05) is 38.4 Å². The molecule has 0 saturated heterocycles. The molecule has 0 aliphatic carbocycles. The van der Waals surface area contributed by atoms with E-state index in [1.165, 1.54) is 0 Å². The molecule has 23 heavy (non-hydrogen) atoms. The molecule has 4 nitrogen and oxygen atoms in total. The van der Waals surface area contributed by atoms with E-state index in [1.54, 1.807) is 24.3 Å². The summed E-state index contributed by atoms with van der Waals surface area (Å²) < 4.78 is 5.64. The summed E-state index contributed by atoms with van der Waals surface area (Å²) >= 11 is 5.89. The number of carbonyl (C=O) groups is 1. The van der Waals surface area contributed by atoms with Crippen molar-refractivity contribution in [2.45, 2.75) is 6.54 Å². The molecule has 1 amide bonds. The molecule has 0 aliphatic rings. The average molecular weight is 333 g/mol. The van der Waals surface area contributed by atoms with Gasteiger partial charge in [-0.15, -0.1) is 0 Å². The summed E-state index contributed by atoms with van der Waals surface area (Å²) in [7, 11) is 4.02. The quantitative estimate of drug-likeness (QED) is 0.846. The molecule has 0 unspecified atom stereocenters. The highest BCUT2D eigenvalue weighted by atomic mass is 35.5. The van der Waals surface area contributed by atoms with Gasteiger partial charge in [-0.2, -0.15) is 0 Å². The maximum absolute atomic E-state index is 12.0. The third-order valence-electron chi connectivity index (χ3n) is 3.27. The molecule has 122 valence electrons. The summed E-state index contributed by atoms with van der Waals surface area (Å²) in [6.07, 6.45) is 0. The maximum atomic E-state index is 12.0. The predicted octanol–water partition coefficient (Wildman–Crippen LogP) is 3.21. The van der Waals surface area contributed by atoms with Crippen LogP contribution in [0.1, 0.15) is 15.9 Å². The summed E-state index contributed by atoms with van der Waals surface area (Å²) in [5, 5.41) is 3.43. The van der Waals surface area contributed by atoms with Crippen molar-refractivity contribution in [3.05, 3.63) is 64.7 Å². The lowest BCUT2D eigenvalue weighted by molar-refractivity contribution is 0.0951. The summed E-state index contributed by atoms with van der Waals surface area (Å²) in [6, 6.07) is 14.6. The number of likely N-dealkylation sites (N-methyl/N-ethyl adjacent to an activating group) is 1. The minimum atomic E-state index is -0.140. The van der Waals surface area contributed by atoms with Crippen LogP contribution >= 0.6 is 11.6 Å². The molecule has 0 bridgehead atoms. The number of hydrogen-bond acceptors (Lipinski definition) is 3. The zero-order valence-electron chi connectivity index (χ0n) is 13.4. The Kier molecular flexibility index (Phi) is 6.44. The van der Waals surface area contributed by atoms with Crippen LogP contribution in [-0.4, -0.2) is 38.1 Å². The van der Waals surface area contributed by atoms with Gasteiger partial charge >= 0.3 is 0 Å². The molecule has 5 heteroatoms. The molecular weight excluding hydrogens is 312 g/mol.